The van der Waals surface area contributed by atoms with Gasteiger partial charge in [-0.25, -0.2) is 0 Å². The molecular formula is C32H36N2O5. The number of ketones is 1. The van der Waals surface area contributed by atoms with Crippen LogP contribution in [-0.2, 0) is 16.1 Å². The summed E-state index contributed by atoms with van der Waals surface area (Å²) in [6, 6.07) is 17.2. The van der Waals surface area contributed by atoms with Gasteiger partial charge in [0.25, 0.3) is 11.7 Å². The number of unbranched alkanes of at least 4 members (excludes halogenated alkanes) is 3. The Morgan fingerprint density at radius 1 is 0.897 bits per heavy atom. The third kappa shape index (κ3) is 6.85. The monoisotopic (exact) mass is 528 g/mol. The van der Waals surface area contributed by atoms with Crippen LogP contribution in [0.5, 0.6) is 11.5 Å². The number of likely N-dealkylation sites (tertiary alicyclic amines) is 1. The van der Waals surface area contributed by atoms with Gasteiger partial charge in [0, 0.05) is 24.5 Å². The number of nitrogens with zero attached hydrogens (tertiary/aromatic N) is 2. The largest absolute Gasteiger partial charge is 0.507 e. The fourth-order valence-corrected chi connectivity index (χ4v) is 4.59. The van der Waals surface area contributed by atoms with Crippen LogP contribution in [0.2, 0.25) is 0 Å². The Morgan fingerprint density at radius 2 is 1.64 bits per heavy atom. The summed E-state index contributed by atoms with van der Waals surface area (Å²) in [4.78, 5) is 32.3. The van der Waals surface area contributed by atoms with Crippen LogP contribution in [0.25, 0.3) is 5.76 Å². The second-order valence-corrected chi connectivity index (χ2v) is 9.64. The van der Waals surface area contributed by atoms with Crippen molar-refractivity contribution in [1.82, 2.24) is 9.88 Å². The lowest BCUT2D eigenvalue weighted by Gasteiger charge is -2.25. The molecule has 1 aliphatic rings. The van der Waals surface area contributed by atoms with Gasteiger partial charge in [-0.05, 0) is 54.3 Å². The van der Waals surface area contributed by atoms with Gasteiger partial charge >= 0.3 is 0 Å². The van der Waals surface area contributed by atoms with Crippen molar-refractivity contribution in [3.05, 3.63) is 95.3 Å². The molecule has 2 aromatic carbocycles. The van der Waals surface area contributed by atoms with Crippen molar-refractivity contribution in [3.8, 4) is 11.5 Å². The summed E-state index contributed by atoms with van der Waals surface area (Å²) < 4.78 is 11.7. The van der Waals surface area contributed by atoms with Crippen molar-refractivity contribution in [2.75, 3.05) is 13.2 Å². The molecule has 0 spiro atoms. The molecule has 7 heteroatoms. The highest BCUT2D eigenvalue weighted by Crippen LogP contribution is 2.41. The highest BCUT2D eigenvalue weighted by atomic mass is 16.5. The number of aliphatic hydroxyl groups is 1. The topological polar surface area (TPSA) is 89.0 Å². The first-order valence-corrected chi connectivity index (χ1v) is 13.7. The molecule has 3 aromatic rings. The third-order valence-corrected chi connectivity index (χ3v) is 6.70. The van der Waals surface area contributed by atoms with Gasteiger partial charge in [0.15, 0.2) is 0 Å². The number of carbonyl (C=O) groups excluding carboxylic acids is 2. The lowest BCUT2D eigenvalue weighted by molar-refractivity contribution is -0.140. The number of aromatic nitrogens is 1. The minimum atomic E-state index is -0.774. The first-order valence-electron chi connectivity index (χ1n) is 13.7. The van der Waals surface area contributed by atoms with Crippen molar-refractivity contribution in [3.63, 3.8) is 0 Å². The number of aliphatic hydroxyl groups excluding tert-OH is 1. The molecule has 4 rings (SSSR count). The standard InChI is InChI=1S/C32H36N2O5/c1-3-5-7-19-38-26-15-13-24(14-16-26)29-28(30(35)25-11-8-12-27(20-25)39-18-6-4-2)31(36)32(37)34(29)22-23-10-9-17-33-21-23/h8-17,20-21,29,35H,3-7,18-19,22H2,1-2H3. The molecule has 0 saturated carbocycles. The molecule has 1 aliphatic heterocycles. The number of hydrogen-bond donors (Lipinski definition) is 1. The maximum absolute atomic E-state index is 13.4. The average Bonchev–Trinajstić information content (AvgIpc) is 3.21. The second-order valence-electron chi connectivity index (χ2n) is 9.64. The normalized spacial score (nSPS) is 16.5. The quantitative estimate of drug-likeness (QED) is 0.119. The van der Waals surface area contributed by atoms with E-state index in [1.54, 1.807) is 36.7 Å². The van der Waals surface area contributed by atoms with Gasteiger partial charge in [-0.15, -0.1) is 0 Å². The lowest BCUT2D eigenvalue weighted by Crippen LogP contribution is -2.29. The van der Waals surface area contributed by atoms with E-state index in [0.717, 1.165) is 43.4 Å². The van der Waals surface area contributed by atoms with Crippen molar-refractivity contribution < 1.29 is 24.2 Å². The number of Topliss-reactive ketones (excluding diaryl/α,β-unsaturated/α-hetero) is 1. The minimum absolute atomic E-state index is 0.0474. The molecular weight excluding hydrogens is 492 g/mol. The molecule has 1 fully saturated rings. The number of amides is 1. The van der Waals surface area contributed by atoms with E-state index >= 15 is 0 Å². The van der Waals surface area contributed by atoms with Crippen LogP contribution in [0, 0.1) is 0 Å². The van der Waals surface area contributed by atoms with E-state index in [9.17, 15) is 14.7 Å². The predicted octanol–water partition coefficient (Wildman–Crippen LogP) is 6.45. The van der Waals surface area contributed by atoms with Crippen molar-refractivity contribution in [2.45, 2.75) is 58.5 Å². The average molecular weight is 529 g/mol. The van der Waals surface area contributed by atoms with Gasteiger partial charge in [0.05, 0.1) is 24.8 Å². The number of rotatable bonds is 13. The number of ether oxygens (including phenoxy) is 2. The molecule has 7 nitrogen and oxygen atoms in total. The molecule has 1 atom stereocenters. The zero-order chi connectivity index (χ0) is 27.6. The van der Waals surface area contributed by atoms with Crippen LogP contribution in [0.3, 0.4) is 0 Å². The summed E-state index contributed by atoms with van der Waals surface area (Å²) in [6.07, 6.45) is 8.43. The Labute approximate surface area is 230 Å². The molecule has 39 heavy (non-hydrogen) atoms. The molecule has 1 aromatic heterocycles. The van der Waals surface area contributed by atoms with Crippen LogP contribution in [0.15, 0.2) is 78.6 Å². The van der Waals surface area contributed by atoms with Crippen LogP contribution < -0.4 is 9.47 Å². The van der Waals surface area contributed by atoms with E-state index in [4.69, 9.17) is 9.47 Å². The van der Waals surface area contributed by atoms with E-state index in [-0.39, 0.29) is 17.9 Å². The van der Waals surface area contributed by atoms with Crippen molar-refractivity contribution in [2.24, 2.45) is 0 Å². The predicted molar refractivity (Wildman–Crippen MR) is 150 cm³/mol. The fourth-order valence-electron chi connectivity index (χ4n) is 4.59. The van der Waals surface area contributed by atoms with Crippen LogP contribution in [-0.4, -0.2) is 39.9 Å². The van der Waals surface area contributed by atoms with Gasteiger partial charge in [0.1, 0.15) is 17.3 Å². The van der Waals surface area contributed by atoms with Gasteiger partial charge < -0.3 is 19.5 Å². The lowest BCUT2D eigenvalue weighted by atomic mass is 9.95. The summed E-state index contributed by atoms with van der Waals surface area (Å²) in [5.41, 5.74) is 1.96. The molecule has 1 unspecified atom stereocenters. The minimum Gasteiger partial charge on any atom is -0.507 e. The summed E-state index contributed by atoms with van der Waals surface area (Å²) in [5.74, 6) is -0.304. The van der Waals surface area contributed by atoms with Crippen molar-refractivity contribution >= 4 is 17.4 Å². The molecule has 1 saturated heterocycles. The summed E-state index contributed by atoms with van der Waals surface area (Å²) in [7, 11) is 0. The molecule has 1 N–H and O–H groups in total. The third-order valence-electron chi connectivity index (χ3n) is 6.70. The molecule has 204 valence electrons. The van der Waals surface area contributed by atoms with Gasteiger partial charge in [-0.1, -0.05) is 63.4 Å². The highest BCUT2D eigenvalue weighted by molar-refractivity contribution is 6.46. The number of carbonyl (C=O) groups is 2. The molecule has 0 bridgehead atoms. The second kappa shape index (κ2) is 13.6. The smallest absolute Gasteiger partial charge is 0.295 e. The van der Waals surface area contributed by atoms with E-state index < -0.39 is 17.7 Å². The van der Waals surface area contributed by atoms with E-state index in [0.29, 0.717) is 30.1 Å². The van der Waals surface area contributed by atoms with Crippen LogP contribution in [0.1, 0.15) is 68.7 Å². The van der Waals surface area contributed by atoms with Gasteiger partial charge in [-0.2, -0.15) is 0 Å². The Hall–Kier alpha value is -4.13. The zero-order valence-electron chi connectivity index (χ0n) is 22.6. The Morgan fingerprint density at radius 3 is 2.36 bits per heavy atom. The van der Waals surface area contributed by atoms with Crippen LogP contribution in [0.4, 0.5) is 0 Å². The number of hydrogen-bond acceptors (Lipinski definition) is 6. The molecule has 1 amide bonds. The highest BCUT2D eigenvalue weighted by Gasteiger charge is 2.46. The summed E-state index contributed by atoms with van der Waals surface area (Å²) in [6.45, 7) is 5.59. The first kappa shape index (κ1) is 27.9. The first-order chi connectivity index (χ1) is 19.0. The Bertz CT molecular complexity index is 1290. The number of benzene rings is 2. The van der Waals surface area contributed by atoms with E-state index in [1.807, 2.05) is 36.4 Å². The van der Waals surface area contributed by atoms with Gasteiger partial charge in [0.2, 0.25) is 0 Å². The van der Waals surface area contributed by atoms with Gasteiger partial charge in [-0.3, -0.25) is 14.6 Å². The van der Waals surface area contributed by atoms with Crippen LogP contribution >= 0.6 is 0 Å². The fraction of sp³-hybridized carbons (Fsp3) is 0.344. The maximum Gasteiger partial charge on any atom is 0.295 e. The van der Waals surface area contributed by atoms with Crippen molar-refractivity contribution in [1.29, 1.82) is 0 Å². The number of pyridine rings is 1. The summed E-state index contributed by atoms with van der Waals surface area (Å²) >= 11 is 0. The molecule has 2 heterocycles. The van der Waals surface area contributed by atoms with E-state index in [2.05, 4.69) is 18.8 Å². The maximum atomic E-state index is 13.4. The molecule has 0 aliphatic carbocycles. The van der Waals surface area contributed by atoms with E-state index in [1.165, 1.54) is 4.90 Å². The Kier molecular flexibility index (Phi) is 9.73. The molecule has 0 radical (unpaired) electrons. The zero-order valence-corrected chi connectivity index (χ0v) is 22.6. The SMILES string of the molecule is CCCCCOc1ccc(C2C(=C(O)c3cccc(OCCCC)c3)C(=O)C(=O)N2Cc2cccnc2)cc1. The summed E-state index contributed by atoms with van der Waals surface area (Å²) in [5, 5.41) is 11.4. The Balaban J connectivity index is 1.70.